The molecular weight excluding hydrogens is 312 g/mol. The number of rotatable bonds is 6. The van der Waals surface area contributed by atoms with Gasteiger partial charge in [0.25, 0.3) is 5.91 Å². The van der Waals surface area contributed by atoms with Crippen molar-refractivity contribution in [1.29, 1.82) is 0 Å². The predicted molar refractivity (Wildman–Crippen MR) is 101 cm³/mol. The number of hydrogen-bond acceptors (Lipinski definition) is 2. The van der Waals surface area contributed by atoms with Gasteiger partial charge in [-0.1, -0.05) is 36.4 Å². The van der Waals surface area contributed by atoms with Gasteiger partial charge in [-0.15, -0.1) is 0 Å². The summed E-state index contributed by atoms with van der Waals surface area (Å²) in [6.07, 6.45) is 0.620. The molecule has 0 aliphatic heterocycles. The first-order chi connectivity index (χ1) is 12.1. The molecule has 0 fully saturated rings. The maximum Gasteiger partial charge on any atom is 0.267 e. The van der Waals surface area contributed by atoms with E-state index in [0.717, 1.165) is 22.0 Å². The second-order valence-corrected chi connectivity index (χ2v) is 6.56. The summed E-state index contributed by atoms with van der Waals surface area (Å²) in [5.74, 6) is -0.0179. The molecule has 1 atom stereocenters. The van der Waals surface area contributed by atoms with Crippen molar-refractivity contribution < 1.29 is 9.90 Å². The number of benzene rings is 2. The van der Waals surface area contributed by atoms with Gasteiger partial charge in [0.1, 0.15) is 5.69 Å². The molecule has 0 bridgehead atoms. The number of nitrogens with one attached hydrogen (secondary N) is 2. The van der Waals surface area contributed by atoms with E-state index in [0.29, 0.717) is 18.7 Å². The van der Waals surface area contributed by atoms with Crippen molar-refractivity contribution in [2.24, 2.45) is 0 Å². The molecule has 130 valence electrons. The molecule has 1 amide bonds. The van der Waals surface area contributed by atoms with Crippen molar-refractivity contribution in [1.82, 2.24) is 10.3 Å². The smallest absolute Gasteiger partial charge is 0.267 e. The summed E-state index contributed by atoms with van der Waals surface area (Å²) in [4.78, 5) is 15.8. The highest BCUT2D eigenvalue weighted by atomic mass is 16.3. The van der Waals surface area contributed by atoms with Gasteiger partial charge in [0, 0.05) is 30.0 Å². The second-order valence-electron chi connectivity index (χ2n) is 6.56. The minimum atomic E-state index is -0.118. The Kier molecular flexibility index (Phi) is 5.19. The summed E-state index contributed by atoms with van der Waals surface area (Å²) >= 11 is 0. The number of aryl methyl sites for hydroxylation is 2. The lowest BCUT2D eigenvalue weighted by atomic mass is 9.96. The Bertz CT molecular complexity index is 868. The van der Waals surface area contributed by atoms with E-state index in [9.17, 15) is 9.90 Å². The van der Waals surface area contributed by atoms with Gasteiger partial charge < -0.3 is 15.4 Å². The van der Waals surface area contributed by atoms with Crippen LogP contribution in [0.3, 0.4) is 0 Å². The van der Waals surface area contributed by atoms with Crippen molar-refractivity contribution in [3.8, 4) is 0 Å². The van der Waals surface area contributed by atoms with Gasteiger partial charge in [0.15, 0.2) is 0 Å². The van der Waals surface area contributed by atoms with Crippen LogP contribution in [0.2, 0.25) is 0 Å². The number of aliphatic hydroxyl groups is 1. The Morgan fingerprint density at radius 1 is 1.16 bits per heavy atom. The number of aromatic amines is 1. The van der Waals surface area contributed by atoms with E-state index in [1.54, 1.807) is 0 Å². The van der Waals surface area contributed by atoms with Crippen LogP contribution in [0.5, 0.6) is 0 Å². The topological polar surface area (TPSA) is 65.1 Å². The van der Waals surface area contributed by atoms with Gasteiger partial charge in [-0.25, -0.2) is 0 Å². The van der Waals surface area contributed by atoms with E-state index >= 15 is 0 Å². The lowest BCUT2D eigenvalue weighted by Gasteiger charge is -2.16. The summed E-state index contributed by atoms with van der Waals surface area (Å²) in [6, 6.07) is 16.1. The minimum Gasteiger partial charge on any atom is -0.396 e. The van der Waals surface area contributed by atoms with Crippen LogP contribution < -0.4 is 5.32 Å². The van der Waals surface area contributed by atoms with Gasteiger partial charge in [-0.05, 0) is 49.1 Å². The summed E-state index contributed by atoms with van der Waals surface area (Å²) in [7, 11) is 0. The zero-order chi connectivity index (χ0) is 17.8. The van der Waals surface area contributed by atoms with E-state index in [2.05, 4.69) is 29.4 Å². The van der Waals surface area contributed by atoms with Crippen molar-refractivity contribution in [2.45, 2.75) is 26.2 Å². The lowest BCUT2D eigenvalue weighted by Crippen LogP contribution is -2.29. The molecule has 0 radical (unpaired) electrons. The van der Waals surface area contributed by atoms with E-state index < -0.39 is 0 Å². The fourth-order valence-corrected chi connectivity index (χ4v) is 3.30. The van der Waals surface area contributed by atoms with Gasteiger partial charge in [-0.2, -0.15) is 0 Å². The van der Waals surface area contributed by atoms with Crippen molar-refractivity contribution >= 4 is 16.8 Å². The summed E-state index contributed by atoms with van der Waals surface area (Å²) in [5.41, 5.74) is 5.01. The first-order valence-corrected chi connectivity index (χ1v) is 8.62. The van der Waals surface area contributed by atoms with Gasteiger partial charge >= 0.3 is 0 Å². The zero-order valence-corrected chi connectivity index (χ0v) is 14.7. The number of aromatic nitrogens is 1. The quantitative estimate of drug-likeness (QED) is 0.643. The summed E-state index contributed by atoms with van der Waals surface area (Å²) in [6.45, 7) is 4.70. The number of H-pyrrole nitrogens is 1. The van der Waals surface area contributed by atoms with E-state index in [1.807, 2.05) is 43.3 Å². The Morgan fingerprint density at radius 2 is 1.92 bits per heavy atom. The van der Waals surface area contributed by atoms with E-state index in [4.69, 9.17) is 0 Å². The molecule has 3 rings (SSSR count). The Hall–Kier alpha value is -2.59. The standard InChI is InChI=1S/C21H24N2O2/c1-14-10-15(2)18-12-20(23-19(18)11-14)21(25)22-13-17(8-9-24)16-6-4-3-5-7-16/h3-7,10-12,17,23-24H,8-9,13H2,1-2H3,(H,22,25). The first-order valence-electron chi connectivity index (χ1n) is 8.62. The summed E-state index contributed by atoms with van der Waals surface area (Å²) in [5, 5.41) is 13.4. The average molecular weight is 336 g/mol. The molecule has 4 nitrogen and oxygen atoms in total. The van der Waals surface area contributed by atoms with Crippen LogP contribution in [0.15, 0.2) is 48.5 Å². The number of fused-ring (bicyclic) bond motifs is 1. The third-order valence-corrected chi connectivity index (χ3v) is 4.59. The van der Waals surface area contributed by atoms with Crippen LogP contribution in [-0.2, 0) is 0 Å². The first kappa shape index (κ1) is 17.2. The molecule has 4 heteroatoms. The second kappa shape index (κ2) is 7.53. The van der Waals surface area contributed by atoms with Gasteiger partial charge in [-0.3, -0.25) is 4.79 Å². The minimum absolute atomic E-state index is 0.0975. The number of amides is 1. The predicted octanol–water partition coefficient (Wildman–Crippen LogP) is 3.68. The highest BCUT2D eigenvalue weighted by Crippen LogP contribution is 2.22. The largest absolute Gasteiger partial charge is 0.396 e. The Balaban J connectivity index is 1.74. The molecule has 3 N–H and O–H groups in total. The molecule has 0 aliphatic carbocycles. The highest BCUT2D eigenvalue weighted by molar-refractivity contribution is 5.99. The summed E-state index contributed by atoms with van der Waals surface area (Å²) < 4.78 is 0. The van der Waals surface area contributed by atoms with Crippen molar-refractivity contribution in [3.05, 3.63) is 70.9 Å². The third kappa shape index (κ3) is 3.91. The number of carbonyl (C=O) groups excluding carboxylic acids is 1. The van der Waals surface area contributed by atoms with Crippen molar-refractivity contribution in [3.63, 3.8) is 0 Å². The van der Waals surface area contributed by atoms with E-state index in [1.165, 1.54) is 5.56 Å². The molecule has 1 aromatic heterocycles. The van der Waals surface area contributed by atoms with Crippen LogP contribution in [0.25, 0.3) is 10.9 Å². The molecule has 2 aromatic carbocycles. The maximum atomic E-state index is 12.5. The van der Waals surface area contributed by atoms with Gasteiger partial charge in [0.2, 0.25) is 0 Å². The normalized spacial score (nSPS) is 12.3. The van der Waals surface area contributed by atoms with E-state index in [-0.39, 0.29) is 18.4 Å². The van der Waals surface area contributed by atoms with Crippen LogP contribution in [0.1, 0.15) is 39.5 Å². The molecule has 0 saturated carbocycles. The molecule has 1 heterocycles. The Labute approximate surface area is 147 Å². The number of carbonyl (C=O) groups is 1. The SMILES string of the molecule is Cc1cc(C)c2cc(C(=O)NCC(CCO)c3ccccc3)[nH]c2c1. The molecule has 0 aliphatic rings. The fraction of sp³-hybridized carbons (Fsp3) is 0.286. The maximum absolute atomic E-state index is 12.5. The molecule has 0 spiro atoms. The van der Waals surface area contributed by atoms with Gasteiger partial charge in [0.05, 0.1) is 0 Å². The molecule has 0 saturated heterocycles. The van der Waals surface area contributed by atoms with Crippen LogP contribution >= 0.6 is 0 Å². The average Bonchev–Trinajstić information content (AvgIpc) is 3.03. The number of aliphatic hydroxyl groups excluding tert-OH is 1. The zero-order valence-electron chi connectivity index (χ0n) is 14.7. The third-order valence-electron chi connectivity index (χ3n) is 4.59. The monoisotopic (exact) mass is 336 g/mol. The van der Waals surface area contributed by atoms with Crippen LogP contribution in [0.4, 0.5) is 0 Å². The van der Waals surface area contributed by atoms with Crippen molar-refractivity contribution in [2.75, 3.05) is 13.2 Å². The van der Waals surface area contributed by atoms with Crippen LogP contribution in [-0.4, -0.2) is 29.1 Å². The van der Waals surface area contributed by atoms with Crippen LogP contribution in [0, 0.1) is 13.8 Å². The Morgan fingerprint density at radius 3 is 2.64 bits per heavy atom. The molecule has 1 unspecified atom stereocenters. The molecule has 25 heavy (non-hydrogen) atoms. The highest BCUT2D eigenvalue weighted by Gasteiger charge is 2.15. The molecular formula is C21H24N2O2. The molecule has 3 aromatic rings. The lowest BCUT2D eigenvalue weighted by molar-refractivity contribution is 0.0945. The number of hydrogen-bond donors (Lipinski definition) is 3. The fourth-order valence-electron chi connectivity index (χ4n) is 3.30.